The Bertz CT molecular complexity index is 983. The molecule has 0 radical (unpaired) electrons. The molecule has 1 heterocycles. The monoisotopic (exact) mass is 387 g/mol. The van der Waals surface area contributed by atoms with Gasteiger partial charge in [-0.05, 0) is 50.2 Å². The lowest BCUT2D eigenvalue weighted by Gasteiger charge is -2.24. The van der Waals surface area contributed by atoms with E-state index < -0.39 is 10.0 Å². The van der Waals surface area contributed by atoms with Crippen molar-refractivity contribution in [3.05, 3.63) is 60.5 Å². The highest BCUT2D eigenvalue weighted by Crippen LogP contribution is 2.24. The van der Waals surface area contributed by atoms with Crippen LogP contribution >= 0.6 is 0 Å². The van der Waals surface area contributed by atoms with Gasteiger partial charge in [0.25, 0.3) is 0 Å². The minimum Gasteiger partial charge on any atom is -0.497 e. The van der Waals surface area contributed by atoms with Crippen LogP contribution in [-0.4, -0.2) is 36.1 Å². The summed E-state index contributed by atoms with van der Waals surface area (Å²) in [4.78, 5) is 0.180. The SMILES string of the molecule is COc1ccc(S(=O)(=O)N(Cc2nnc(-c3ccccc3)o2)C(C)C)cc1. The van der Waals surface area contributed by atoms with Crippen molar-refractivity contribution in [2.24, 2.45) is 0 Å². The second kappa shape index (κ2) is 7.89. The molecule has 0 N–H and O–H groups in total. The Balaban J connectivity index is 1.86. The Morgan fingerprint density at radius 2 is 1.70 bits per heavy atom. The van der Waals surface area contributed by atoms with Crippen molar-refractivity contribution in [3.8, 4) is 17.2 Å². The predicted molar refractivity (Wildman–Crippen MR) is 101 cm³/mol. The molecule has 142 valence electrons. The fourth-order valence-corrected chi connectivity index (χ4v) is 4.16. The van der Waals surface area contributed by atoms with Crippen LogP contribution in [0, 0.1) is 0 Å². The van der Waals surface area contributed by atoms with Gasteiger partial charge in [0, 0.05) is 11.6 Å². The van der Waals surface area contributed by atoms with Gasteiger partial charge in [0.15, 0.2) is 0 Å². The van der Waals surface area contributed by atoms with Gasteiger partial charge in [-0.3, -0.25) is 0 Å². The van der Waals surface area contributed by atoms with Crippen molar-refractivity contribution in [1.82, 2.24) is 14.5 Å². The molecular formula is C19H21N3O4S. The van der Waals surface area contributed by atoms with Gasteiger partial charge in [0.05, 0.1) is 18.6 Å². The molecule has 27 heavy (non-hydrogen) atoms. The zero-order valence-electron chi connectivity index (χ0n) is 15.4. The van der Waals surface area contributed by atoms with Gasteiger partial charge in [-0.2, -0.15) is 4.31 Å². The summed E-state index contributed by atoms with van der Waals surface area (Å²) in [5, 5.41) is 8.03. The lowest BCUT2D eigenvalue weighted by Crippen LogP contribution is -2.36. The zero-order chi connectivity index (χ0) is 19.4. The van der Waals surface area contributed by atoms with Crippen LogP contribution in [-0.2, 0) is 16.6 Å². The van der Waals surface area contributed by atoms with E-state index >= 15 is 0 Å². The van der Waals surface area contributed by atoms with Crippen LogP contribution in [0.1, 0.15) is 19.7 Å². The molecular weight excluding hydrogens is 366 g/mol. The summed E-state index contributed by atoms with van der Waals surface area (Å²) in [5.41, 5.74) is 0.783. The lowest BCUT2D eigenvalue weighted by molar-refractivity contribution is 0.313. The summed E-state index contributed by atoms with van der Waals surface area (Å²) >= 11 is 0. The van der Waals surface area contributed by atoms with Gasteiger partial charge >= 0.3 is 0 Å². The van der Waals surface area contributed by atoms with Gasteiger partial charge in [-0.25, -0.2) is 8.42 Å². The normalized spacial score (nSPS) is 11.9. The maximum absolute atomic E-state index is 13.0. The number of benzene rings is 2. The highest BCUT2D eigenvalue weighted by atomic mass is 32.2. The van der Waals surface area contributed by atoms with E-state index in [9.17, 15) is 8.42 Å². The standard InChI is InChI=1S/C19H21N3O4S/c1-14(2)22(27(23,24)17-11-9-16(25-3)10-12-17)13-18-20-21-19(26-18)15-7-5-4-6-8-15/h4-12,14H,13H2,1-3H3. The molecule has 0 aliphatic rings. The van der Waals surface area contributed by atoms with Crippen molar-refractivity contribution < 1.29 is 17.6 Å². The Hall–Kier alpha value is -2.71. The van der Waals surface area contributed by atoms with Crippen molar-refractivity contribution in [3.63, 3.8) is 0 Å². The first-order valence-electron chi connectivity index (χ1n) is 8.45. The molecule has 0 saturated carbocycles. The molecule has 0 saturated heterocycles. The quantitative estimate of drug-likeness (QED) is 0.618. The van der Waals surface area contributed by atoms with E-state index in [1.165, 1.54) is 23.5 Å². The van der Waals surface area contributed by atoms with E-state index in [1.54, 1.807) is 26.0 Å². The number of hydrogen-bond acceptors (Lipinski definition) is 6. The number of ether oxygens (including phenoxy) is 1. The number of aromatic nitrogens is 2. The second-order valence-corrected chi connectivity index (χ2v) is 8.08. The molecule has 0 amide bonds. The molecule has 0 spiro atoms. The van der Waals surface area contributed by atoms with Crippen LogP contribution in [0.3, 0.4) is 0 Å². The molecule has 1 aromatic heterocycles. The number of sulfonamides is 1. The van der Waals surface area contributed by atoms with E-state index in [4.69, 9.17) is 9.15 Å². The van der Waals surface area contributed by atoms with Gasteiger partial charge in [0.1, 0.15) is 5.75 Å². The van der Waals surface area contributed by atoms with Crippen molar-refractivity contribution >= 4 is 10.0 Å². The highest BCUT2D eigenvalue weighted by molar-refractivity contribution is 7.89. The average Bonchev–Trinajstić information content (AvgIpc) is 3.15. The number of hydrogen-bond donors (Lipinski definition) is 0. The summed E-state index contributed by atoms with van der Waals surface area (Å²) in [6, 6.07) is 15.3. The maximum Gasteiger partial charge on any atom is 0.247 e. The molecule has 3 rings (SSSR count). The van der Waals surface area contributed by atoms with Crippen molar-refractivity contribution in [2.45, 2.75) is 31.3 Å². The van der Waals surface area contributed by atoms with Crippen molar-refractivity contribution in [1.29, 1.82) is 0 Å². The zero-order valence-corrected chi connectivity index (χ0v) is 16.2. The van der Waals surface area contributed by atoms with Crippen molar-refractivity contribution in [2.75, 3.05) is 7.11 Å². The van der Waals surface area contributed by atoms with Crippen LogP contribution in [0.25, 0.3) is 11.5 Å². The molecule has 7 nitrogen and oxygen atoms in total. The van der Waals surface area contributed by atoms with Crippen LogP contribution < -0.4 is 4.74 Å². The Morgan fingerprint density at radius 3 is 2.30 bits per heavy atom. The minimum atomic E-state index is -3.73. The topological polar surface area (TPSA) is 85.5 Å². The Morgan fingerprint density at radius 1 is 1.04 bits per heavy atom. The third-order valence-electron chi connectivity index (χ3n) is 4.02. The molecule has 0 atom stereocenters. The molecule has 0 unspecified atom stereocenters. The van der Waals surface area contributed by atoms with E-state index in [0.29, 0.717) is 11.6 Å². The van der Waals surface area contributed by atoms with Crippen LogP contribution in [0.4, 0.5) is 0 Å². The van der Waals surface area contributed by atoms with E-state index in [-0.39, 0.29) is 23.4 Å². The number of methoxy groups -OCH3 is 1. The van der Waals surface area contributed by atoms with Crippen LogP contribution in [0.5, 0.6) is 5.75 Å². The lowest BCUT2D eigenvalue weighted by atomic mass is 10.2. The summed E-state index contributed by atoms with van der Waals surface area (Å²) < 4.78 is 38.2. The van der Waals surface area contributed by atoms with Gasteiger partial charge in [-0.15, -0.1) is 10.2 Å². The Kier molecular flexibility index (Phi) is 5.57. The smallest absolute Gasteiger partial charge is 0.247 e. The van der Waals surface area contributed by atoms with E-state index in [1.807, 2.05) is 30.3 Å². The summed E-state index contributed by atoms with van der Waals surface area (Å²) in [5.74, 6) is 1.19. The minimum absolute atomic E-state index is 0.00807. The van der Waals surface area contributed by atoms with Crippen LogP contribution in [0.15, 0.2) is 63.9 Å². The fourth-order valence-electron chi connectivity index (χ4n) is 2.58. The third kappa shape index (κ3) is 4.17. The summed E-state index contributed by atoms with van der Waals surface area (Å²) in [7, 11) is -2.20. The van der Waals surface area contributed by atoms with E-state index in [0.717, 1.165) is 5.56 Å². The maximum atomic E-state index is 13.0. The van der Waals surface area contributed by atoms with Crippen LogP contribution in [0.2, 0.25) is 0 Å². The molecule has 0 bridgehead atoms. The molecule has 3 aromatic rings. The highest BCUT2D eigenvalue weighted by Gasteiger charge is 2.29. The summed E-state index contributed by atoms with van der Waals surface area (Å²) in [6.07, 6.45) is 0. The number of nitrogens with zero attached hydrogens (tertiary/aromatic N) is 3. The molecule has 8 heteroatoms. The molecule has 0 fully saturated rings. The Labute approximate surface area is 158 Å². The first-order chi connectivity index (χ1) is 12.9. The van der Waals surface area contributed by atoms with Gasteiger partial charge in [0.2, 0.25) is 21.8 Å². The van der Waals surface area contributed by atoms with E-state index in [2.05, 4.69) is 10.2 Å². The largest absolute Gasteiger partial charge is 0.497 e. The first-order valence-corrected chi connectivity index (χ1v) is 9.89. The average molecular weight is 387 g/mol. The molecule has 0 aliphatic heterocycles. The molecule has 0 aliphatic carbocycles. The first kappa shape index (κ1) is 19.1. The third-order valence-corrected chi connectivity index (χ3v) is 6.06. The van der Waals surface area contributed by atoms with Gasteiger partial charge in [-0.1, -0.05) is 18.2 Å². The molecule has 2 aromatic carbocycles. The fraction of sp³-hybridized carbons (Fsp3) is 0.263. The summed E-state index contributed by atoms with van der Waals surface area (Å²) in [6.45, 7) is 3.59. The second-order valence-electron chi connectivity index (χ2n) is 6.19. The van der Waals surface area contributed by atoms with Gasteiger partial charge < -0.3 is 9.15 Å². The predicted octanol–water partition coefficient (Wildman–Crippen LogP) is 3.34. The number of rotatable bonds is 7.